The average molecular weight is 374 g/mol. The Morgan fingerprint density at radius 3 is 2.52 bits per heavy atom. The van der Waals surface area contributed by atoms with Gasteiger partial charge in [-0.2, -0.15) is 0 Å². The maximum atomic E-state index is 12.7. The maximum absolute atomic E-state index is 12.7. The van der Waals surface area contributed by atoms with Crippen LogP contribution in [0.4, 0.5) is 5.82 Å². The van der Waals surface area contributed by atoms with E-state index in [0.717, 1.165) is 10.3 Å². The molecule has 0 radical (unpaired) electrons. The van der Waals surface area contributed by atoms with E-state index in [1.807, 2.05) is 37.3 Å². The molecule has 0 aliphatic heterocycles. The lowest BCUT2D eigenvalue weighted by Crippen LogP contribution is -2.44. The first-order valence-electron chi connectivity index (χ1n) is 8.85. The summed E-state index contributed by atoms with van der Waals surface area (Å²) in [6.07, 6.45) is 0.659. The maximum Gasteiger partial charge on any atom is 0.332 e. The van der Waals surface area contributed by atoms with E-state index < -0.39 is 17.0 Å². The van der Waals surface area contributed by atoms with Crippen molar-refractivity contribution in [2.45, 2.75) is 19.9 Å². The zero-order valence-corrected chi connectivity index (χ0v) is 16.0. The number of rotatable bonds is 9. The number of hydrogen-bond donors (Lipinski definition) is 1. The fourth-order valence-electron chi connectivity index (χ4n) is 2.72. The van der Waals surface area contributed by atoms with Crippen LogP contribution in [0.5, 0.6) is 5.75 Å². The van der Waals surface area contributed by atoms with E-state index in [1.165, 1.54) is 11.6 Å². The normalized spacial score (nSPS) is 11.0. The second kappa shape index (κ2) is 9.18. The fourth-order valence-corrected chi connectivity index (χ4v) is 2.72. The Morgan fingerprint density at radius 1 is 1.22 bits per heavy atom. The van der Waals surface area contributed by atoms with Gasteiger partial charge < -0.3 is 10.5 Å². The lowest BCUT2D eigenvalue weighted by atomic mass is 10.1. The summed E-state index contributed by atoms with van der Waals surface area (Å²) in [6, 6.07) is 9.37. The minimum atomic E-state index is -0.663. The van der Waals surface area contributed by atoms with Gasteiger partial charge in [-0.25, -0.2) is 4.79 Å². The summed E-state index contributed by atoms with van der Waals surface area (Å²) in [6.45, 7) is 3.13. The second-order valence-electron chi connectivity index (χ2n) is 6.38. The van der Waals surface area contributed by atoms with Crippen molar-refractivity contribution in [3.8, 4) is 5.75 Å². The third-order valence-electron chi connectivity index (χ3n) is 4.21. The van der Waals surface area contributed by atoms with Gasteiger partial charge in [-0.3, -0.25) is 23.6 Å². The zero-order chi connectivity index (χ0) is 20.0. The Labute approximate surface area is 157 Å². The zero-order valence-electron chi connectivity index (χ0n) is 16.0. The highest BCUT2D eigenvalue weighted by molar-refractivity contribution is 6.01. The first kappa shape index (κ1) is 20.4. The number of ether oxygens (including phenoxy) is 1. The molecule has 0 bridgehead atoms. The summed E-state index contributed by atoms with van der Waals surface area (Å²) < 4.78 is 7.81. The number of benzene rings is 1. The number of nitrogens with two attached hydrogens (primary N) is 1. The van der Waals surface area contributed by atoms with Crippen LogP contribution in [0, 0.1) is 0 Å². The average Bonchev–Trinajstić information content (AvgIpc) is 2.64. The summed E-state index contributed by atoms with van der Waals surface area (Å²) >= 11 is 0. The van der Waals surface area contributed by atoms with Gasteiger partial charge in [-0.15, -0.1) is 0 Å². The SMILES string of the molecule is CCCn1c(N)c(C(=O)CN(C)CCOc2ccccc2)c(=O)n(C)c1=O. The molecule has 8 heteroatoms. The van der Waals surface area contributed by atoms with Crippen molar-refractivity contribution in [2.24, 2.45) is 7.05 Å². The predicted molar refractivity (Wildman–Crippen MR) is 104 cm³/mol. The van der Waals surface area contributed by atoms with Crippen molar-refractivity contribution >= 4 is 11.6 Å². The van der Waals surface area contributed by atoms with Gasteiger partial charge in [0.1, 0.15) is 23.7 Å². The number of carbonyl (C=O) groups is 1. The summed E-state index contributed by atoms with van der Waals surface area (Å²) in [5, 5.41) is 0. The number of Topliss-reactive ketones (excluding diaryl/α,β-unsaturated/α-hetero) is 1. The van der Waals surface area contributed by atoms with Crippen LogP contribution in [0.1, 0.15) is 23.7 Å². The summed E-state index contributed by atoms with van der Waals surface area (Å²) in [5.74, 6) is 0.269. The lowest BCUT2D eigenvalue weighted by Gasteiger charge is -2.18. The summed E-state index contributed by atoms with van der Waals surface area (Å²) in [4.78, 5) is 39.0. The Hall–Kier alpha value is -2.87. The van der Waals surface area contributed by atoms with E-state index in [9.17, 15) is 14.4 Å². The van der Waals surface area contributed by atoms with Gasteiger partial charge in [0.2, 0.25) is 0 Å². The molecule has 2 N–H and O–H groups in total. The van der Waals surface area contributed by atoms with Gasteiger partial charge in [0.15, 0.2) is 5.78 Å². The topological polar surface area (TPSA) is 99.6 Å². The van der Waals surface area contributed by atoms with Crippen LogP contribution in [0.3, 0.4) is 0 Å². The van der Waals surface area contributed by atoms with Crippen LogP contribution in [0.15, 0.2) is 39.9 Å². The molecule has 2 aromatic rings. The van der Waals surface area contributed by atoms with E-state index in [1.54, 1.807) is 11.9 Å². The number of ketones is 1. The van der Waals surface area contributed by atoms with Gasteiger partial charge in [-0.1, -0.05) is 25.1 Å². The molecule has 0 spiro atoms. The molecule has 0 saturated carbocycles. The molecule has 2 rings (SSSR count). The van der Waals surface area contributed by atoms with E-state index in [0.29, 0.717) is 26.1 Å². The molecule has 0 aliphatic rings. The highest BCUT2D eigenvalue weighted by Crippen LogP contribution is 2.09. The van der Waals surface area contributed by atoms with Crippen molar-refractivity contribution < 1.29 is 9.53 Å². The molecule has 0 unspecified atom stereocenters. The van der Waals surface area contributed by atoms with Crippen LogP contribution >= 0.6 is 0 Å². The molecule has 146 valence electrons. The molecular weight excluding hydrogens is 348 g/mol. The second-order valence-corrected chi connectivity index (χ2v) is 6.38. The number of hydrogen-bond acceptors (Lipinski definition) is 6. The lowest BCUT2D eigenvalue weighted by molar-refractivity contribution is 0.0936. The Morgan fingerprint density at radius 2 is 1.89 bits per heavy atom. The quantitative estimate of drug-likeness (QED) is 0.650. The van der Waals surface area contributed by atoms with E-state index in [2.05, 4.69) is 0 Å². The molecule has 0 amide bonds. The highest BCUT2D eigenvalue weighted by atomic mass is 16.5. The first-order valence-corrected chi connectivity index (χ1v) is 8.85. The number of nitrogens with zero attached hydrogens (tertiary/aromatic N) is 3. The van der Waals surface area contributed by atoms with E-state index in [4.69, 9.17) is 10.5 Å². The molecule has 0 atom stereocenters. The molecule has 0 saturated heterocycles. The van der Waals surface area contributed by atoms with Gasteiger partial charge in [0.25, 0.3) is 5.56 Å². The van der Waals surface area contributed by atoms with E-state index >= 15 is 0 Å². The van der Waals surface area contributed by atoms with Gasteiger partial charge in [0, 0.05) is 20.1 Å². The van der Waals surface area contributed by atoms with Crippen molar-refractivity contribution in [1.82, 2.24) is 14.0 Å². The molecule has 1 aromatic heterocycles. The van der Waals surface area contributed by atoms with Gasteiger partial charge in [-0.05, 0) is 25.6 Å². The monoisotopic (exact) mass is 374 g/mol. The smallest absolute Gasteiger partial charge is 0.332 e. The van der Waals surface area contributed by atoms with Crippen LogP contribution in [-0.4, -0.2) is 46.6 Å². The van der Waals surface area contributed by atoms with Crippen LogP contribution < -0.4 is 21.7 Å². The first-order chi connectivity index (χ1) is 12.9. The fraction of sp³-hybridized carbons (Fsp3) is 0.421. The van der Waals surface area contributed by atoms with Crippen molar-refractivity contribution in [2.75, 3.05) is 32.5 Å². The van der Waals surface area contributed by atoms with Crippen molar-refractivity contribution in [1.29, 1.82) is 0 Å². The van der Waals surface area contributed by atoms with Crippen LogP contribution in [0.25, 0.3) is 0 Å². The number of likely N-dealkylation sites (N-methyl/N-ethyl adjacent to an activating group) is 1. The van der Waals surface area contributed by atoms with Gasteiger partial charge in [0.05, 0.1) is 6.54 Å². The number of aromatic nitrogens is 2. The van der Waals surface area contributed by atoms with E-state index in [-0.39, 0.29) is 17.9 Å². The molecule has 1 aromatic carbocycles. The Bertz CT molecular complexity index is 902. The van der Waals surface area contributed by atoms with Gasteiger partial charge >= 0.3 is 5.69 Å². The molecule has 27 heavy (non-hydrogen) atoms. The number of anilines is 1. The molecular formula is C19H26N4O4. The minimum Gasteiger partial charge on any atom is -0.492 e. The van der Waals surface area contributed by atoms with Crippen molar-refractivity contribution in [3.63, 3.8) is 0 Å². The molecule has 1 heterocycles. The number of para-hydroxylation sites is 1. The third kappa shape index (κ3) is 4.85. The predicted octanol–water partition coefficient (Wildman–Crippen LogP) is 0.733. The largest absolute Gasteiger partial charge is 0.492 e. The minimum absolute atomic E-state index is 0.00190. The molecule has 0 aliphatic carbocycles. The van der Waals surface area contributed by atoms with Crippen LogP contribution in [0.2, 0.25) is 0 Å². The molecule has 0 fully saturated rings. The third-order valence-corrected chi connectivity index (χ3v) is 4.21. The summed E-state index contributed by atoms with van der Waals surface area (Å²) in [7, 11) is 3.11. The standard InChI is InChI=1S/C19H26N4O4/c1-4-10-23-17(20)16(18(25)22(3)19(23)26)15(24)13-21(2)11-12-27-14-8-6-5-7-9-14/h5-9H,4,10-13,20H2,1-3H3. The number of nitrogen functional groups attached to an aromatic ring is 1. The summed E-state index contributed by atoms with van der Waals surface area (Å²) in [5.41, 5.74) is 4.66. The highest BCUT2D eigenvalue weighted by Gasteiger charge is 2.22. The van der Waals surface area contributed by atoms with Crippen LogP contribution in [-0.2, 0) is 13.6 Å². The Balaban J connectivity index is 2.08. The molecule has 8 nitrogen and oxygen atoms in total. The van der Waals surface area contributed by atoms with Crippen molar-refractivity contribution in [3.05, 3.63) is 56.7 Å². The Kier molecular flexibility index (Phi) is 6.95. The number of carbonyl (C=O) groups excluding carboxylic acids is 1.